The summed E-state index contributed by atoms with van der Waals surface area (Å²) in [6.45, 7) is 17.8. The van der Waals surface area contributed by atoms with Gasteiger partial charge >= 0.3 is 7.12 Å². The first-order valence-electron chi connectivity index (χ1n) is 9.70. The lowest BCUT2D eigenvalue weighted by Gasteiger charge is -2.34. The van der Waals surface area contributed by atoms with E-state index in [1.54, 1.807) is 0 Å². The highest BCUT2D eigenvalue weighted by atomic mass is 16.7. The van der Waals surface area contributed by atoms with Crippen LogP contribution in [0.2, 0.25) is 0 Å². The maximum atomic E-state index is 6.13. The summed E-state index contributed by atoms with van der Waals surface area (Å²) in [5.74, 6) is 0. The molecule has 1 aromatic carbocycles. The highest BCUT2D eigenvalue weighted by Gasteiger charge is 2.51. The summed E-state index contributed by atoms with van der Waals surface area (Å²) in [4.78, 5) is 5.10. The molecule has 2 aliphatic rings. The zero-order valence-corrected chi connectivity index (χ0v) is 16.5. The van der Waals surface area contributed by atoms with Gasteiger partial charge in [0.15, 0.2) is 0 Å². The monoisotopic (exact) mass is 344 g/mol. The molecule has 25 heavy (non-hydrogen) atoms. The molecule has 0 unspecified atom stereocenters. The van der Waals surface area contributed by atoms with E-state index in [0.717, 1.165) is 18.4 Å². The maximum Gasteiger partial charge on any atom is 0.494 e. The average Bonchev–Trinajstić information content (AvgIpc) is 2.82. The number of piperazine rings is 1. The Morgan fingerprint density at radius 2 is 1.40 bits per heavy atom. The SMILES string of the molecule is CCN1CCN(CCc2ccc(B3OC(C)(C)C(C)(C)O3)cc2)CC1. The molecule has 0 N–H and O–H groups in total. The summed E-state index contributed by atoms with van der Waals surface area (Å²) < 4.78 is 12.3. The fourth-order valence-electron chi connectivity index (χ4n) is 3.44. The molecule has 0 spiro atoms. The van der Waals surface area contributed by atoms with Gasteiger partial charge in [-0.15, -0.1) is 0 Å². The fourth-order valence-corrected chi connectivity index (χ4v) is 3.44. The van der Waals surface area contributed by atoms with E-state index >= 15 is 0 Å². The van der Waals surface area contributed by atoms with Gasteiger partial charge in [0, 0.05) is 32.7 Å². The lowest BCUT2D eigenvalue weighted by Crippen LogP contribution is -2.46. The second-order valence-electron chi connectivity index (χ2n) is 8.36. The predicted molar refractivity (Wildman–Crippen MR) is 104 cm³/mol. The van der Waals surface area contributed by atoms with Crippen molar-refractivity contribution in [3.63, 3.8) is 0 Å². The van der Waals surface area contributed by atoms with Crippen molar-refractivity contribution in [1.82, 2.24) is 9.80 Å². The summed E-state index contributed by atoms with van der Waals surface area (Å²) in [6, 6.07) is 8.77. The highest BCUT2D eigenvalue weighted by molar-refractivity contribution is 6.62. The van der Waals surface area contributed by atoms with Gasteiger partial charge in [-0.3, -0.25) is 0 Å². The second-order valence-corrected chi connectivity index (χ2v) is 8.36. The van der Waals surface area contributed by atoms with E-state index in [1.165, 1.54) is 38.3 Å². The Labute approximate surface area is 153 Å². The van der Waals surface area contributed by atoms with Crippen molar-refractivity contribution in [3.8, 4) is 0 Å². The second kappa shape index (κ2) is 7.39. The van der Waals surface area contributed by atoms with Crippen molar-refractivity contribution in [2.75, 3.05) is 39.3 Å². The molecule has 0 radical (unpaired) electrons. The smallest absolute Gasteiger partial charge is 0.399 e. The van der Waals surface area contributed by atoms with Crippen LogP contribution in [0.5, 0.6) is 0 Å². The third kappa shape index (κ3) is 4.28. The number of hydrogen-bond donors (Lipinski definition) is 0. The summed E-state index contributed by atoms with van der Waals surface area (Å²) in [5.41, 5.74) is 1.94. The minimum atomic E-state index is -0.281. The molecule has 2 saturated heterocycles. The van der Waals surface area contributed by atoms with E-state index in [0.29, 0.717) is 0 Å². The van der Waals surface area contributed by atoms with E-state index in [1.807, 2.05) is 0 Å². The lowest BCUT2D eigenvalue weighted by molar-refractivity contribution is 0.00578. The van der Waals surface area contributed by atoms with Crippen LogP contribution in [0.4, 0.5) is 0 Å². The normalized spacial score (nSPS) is 24.0. The fraction of sp³-hybridized carbons (Fsp3) is 0.700. The van der Waals surface area contributed by atoms with Crippen LogP contribution in [-0.2, 0) is 15.7 Å². The Kier molecular flexibility index (Phi) is 5.59. The maximum absolute atomic E-state index is 6.13. The third-order valence-electron chi connectivity index (χ3n) is 6.13. The number of likely N-dealkylation sites (N-methyl/N-ethyl adjacent to an activating group) is 1. The highest BCUT2D eigenvalue weighted by Crippen LogP contribution is 2.36. The van der Waals surface area contributed by atoms with Crippen LogP contribution >= 0.6 is 0 Å². The van der Waals surface area contributed by atoms with Crippen LogP contribution in [0, 0.1) is 0 Å². The van der Waals surface area contributed by atoms with Crippen LogP contribution in [0.25, 0.3) is 0 Å². The van der Waals surface area contributed by atoms with E-state index in [9.17, 15) is 0 Å². The van der Waals surface area contributed by atoms with Crippen molar-refractivity contribution < 1.29 is 9.31 Å². The van der Waals surface area contributed by atoms with Crippen molar-refractivity contribution in [3.05, 3.63) is 29.8 Å². The molecule has 4 nitrogen and oxygen atoms in total. The van der Waals surface area contributed by atoms with Crippen LogP contribution < -0.4 is 5.46 Å². The van der Waals surface area contributed by atoms with Crippen LogP contribution in [0.3, 0.4) is 0 Å². The van der Waals surface area contributed by atoms with Crippen molar-refractivity contribution in [2.45, 2.75) is 52.2 Å². The van der Waals surface area contributed by atoms with E-state index in [2.05, 4.69) is 68.7 Å². The average molecular weight is 344 g/mol. The molecule has 1 aromatic rings. The van der Waals surface area contributed by atoms with Gasteiger partial charge in [-0.1, -0.05) is 31.2 Å². The number of nitrogens with zero attached hydrogens (tertiary/aromatic N) is 2. The first-order chi connectivity index (χ1) is 11.8. The van der Waals surface area contributed by atoms with E-state index in [-0.39, 0.29) is 18.3 Å². The lowest BCUT2D eigenvalue weighted by atomic mass is 9.79. The van der Waals surface area contributed by atoms with Crippen molar-refractivity contribution >= 4 is 12.6 Å². The van der Waals surface area contributed by atoms with Crippen molar-refractivity contribution in [1.29, 1.82) is 0 Å². The largest absolute Gasteiger partial charge is 0.494 e. The van der Waals surface area contributed by atoms with E-state index in [4.69, 9.17) is 9.31 Å². The van der Waals surface area contributed by atoms with Gasteiger partial charge in [0.1, 0.15) is 0 Å². The molecule has 0 bridgehead atoms. The first-order valence-corrected chi connectivity index (χ1v) is 9.70. The van der Waals surface area contributed by atoms with Gasteiger partial charge in [-0.05, 0) is 51.7 Å². The summed E-state index contributed by atoms with van der Waals surface area (Å²) in [6.07, 6.45) is 1.11. The van der Waals surface area contributed by atoms with E-state index < -0.39 is 0 Å². The molecule has 0 atom stereocenters. The van der Waals surface area contributed by atoms with Gasteiger partial charge in [-0.2, -0.15) is 0 Å². The molecule has 2 heterocycles. The Bertz CT molecular complexity index is 550. The molecule has 0 aromatic heterocycles. The quantitative estimate of drug-likeness (QED) is 0.765. The molecular formula is C20H33BN2O2. The minimum absolute atomic E-state index is 0.263. The molecular weight excluding hydrogens is 311 g/mol. The molecule has 3 rings (SSSR count). The summed E-state index contributed by atoms with van der Waals surface area (Å²) in [7, 11) is -0.263. The van der Waals surface area contributed by atoms with Gasteiger partial charge in [0.2, 0.25) is 0 Å². The Morgan fingerprint density at radius 1 is 0.880 bits per heavy atom. The van der Waals surface area contributed by atoms with Gasteiger partial charge < -0.3 is 19.1 Å². The molecule has 138 valence electrons. The molecule has 0 aliphatic carbocycles. The Morgan fingerprint density at radius 3 is 1.92 bits per heavy atom. The zero-order chi connectivity index (χ0) is 18.1. The third-order valence-corrected chi connectivity index (χ3v) is 6.13. The number of hydrogen-bond acceptors (Lipinski definition) is 4. The first kappa shape index (κ1) is 18.9. The molecule has 2 fully saturated rings. The molecule has 0 saturated carbocycles. The van der Waals surface area contributed by atoms with Gasteiger partial charge in [0.05, 0.1) is 11.2 Å². The van der Waals surface area contributed by atoms with Gasteiger partial charge in [-0.25, -0.2) is 0 Å². The summed E-state index contributed by atoms with van der Waals surface area (Å²) >= 11 is 0. The van der Waals surface area contributed by atoms with Crippen molar-refractivity contribution in [2.24, 2.45) is 0 Å². The molecule has 0 amide bonds. The number of rotatable bonds is 5. The Hall–Kier alpha value is -0.875. The topological polar surface area (TPSA) is 24.9 Å². The minimum Gasteiger partial charge on any atom is -0.399 e. The van der Waals surface area contributed by atoms with Gasteiger partial charge in [0.25, 0.3) is 0 Å². The standard InChI is InChI=1S/C20H33BN2O2/c1-6-22-13-15-23(16-14-22)12-11-17-7-9-18(10-8-17)21-24-19(2,3)20(4,5)25-21/h7-10H,6,11-16H2,1-5H3. The molecule has 2 aliphatic heterocycles. The van der Waals surface area contributed by atoms with Crippen LogP contribution in [0.1, 0.15) is 40.2 Å². The number of benzene rings is 1. The predicted octanol–water partition coefficient (Wildman–Crippen LogP) is 2.17. The summed E-state index contributed by atoms with van der Waals surface area (Å²) in [5, 5.41) is 0. The Balaban J connectivity index is 1.51. The van der Waals surface area contributed by atoms with Crippen LogP contribution in [0.15, 0.2) is 24.3 Å². The van der Waals surface area contributed by atoms with Crippen LogP contribution in [-0.4, -0.2) is 67.4 Å². The zero-order valence-electron chi connectivity index (χ0n) is 16.5. The molecule has 5 heteroatoms.